The molecule has 2 saturated heterocycles. The molecule has 2 aromatic carbocycles. The fourth-order valence-corrected chi connectivity index (χ4v) is 6.38. The molecule has 5 nitrogen and oxygen atoms in total. The van der Waals surface area contributed by atoms with E-state index in [1.807, 2.05) is 36.4 Å². The van der Waals surface area contributed by atoms with Gasteiger partial charge in [-0.1, -0.05) is 52.8 Å². The zero-order chi connectivity index (χ0) is 21.4. The molecular weight excluding hydrogens is 398 g/mol. The summed E-state index contributed by atoms with van der Waals surface area (Å²) in [5.74, 6) is -0.900. The Morgan fingerprint density at radius 1 is 1.07 bits per heavy atom. The molecule has 0 amide bonds. The van der Waals surface area contributed by atoms with Crippen molar-refractivity contribution in [1.82, 2.24) is 4.98 Å². The molecule has 3 aromatic rings. The zero-order valence-corrected chi connectivity index (χ0v) is 18.8. The van der Waals surface area contributed by atoms with Gasteiger partial charge in [0.25, 0.3) is 5.79 Å². The van der Waals surface area contributed by atoms with E-state index < -0.39 is 11.4 Å². The van der Waals surface area contributed by atoms with Crippen molar-refractivity contribution >= 4 is 21.6 Å². The maximum absolute atomic E-state index is 11.0. The van der Waals surface area contributed by atoms with Crippen LogP contribution in [0.3, 0.4) is 0 Å². The number of phenols is 1. The van der Waals surface area contributed by atoms with Crippen LogP contribution in [-0.4, -0.2) is 22.3 Å². The van der Waals surface area contributed by atoms with Crippen LogP contribution in [0.4, 0.5) is 0 Å². The molecule has 2 fully saturated rings. The first kappa shape index (κ1) is 19.9. The minimum Gasteiger partial charge on any atom is -0.507 e. The molecule has 30 heavy (non-hydrogen) atoms. The highest BCUT2D eigenvalue weighted by molar-refractivity contribution is 7.21. The summed E-state index contributed by atoms with van der Waals surface area (Å²) in [6, 6.07) is 13.6. The van der Waals surface area contributed by atoms with Gasteiger partial charge in [-0.3, -0.25) is 0 Å². The van der Waals surface area contributed by atoms with Gasteiger partial charge in [-0.25, -0.2) is 9.87 Å². The molecule has 5 rings (SSSR count). The number of benzene rings is 2. The summed E-state index contributed by atoms with van der Waals surface area (Å²) >= 11 is 1.56. The second kappa shape index (κ2) is 6.26. The van der Waals surface area contributed by atoms with E-state index in [0.717, 1.165) is 27.2 Å². The van der Waals surface area contributed by atoms with Crippen LogP contribution in [0.1, 0.15) is 46.6 Å². The molecular formula is C24H27NO4S. The van der Waals surface area contributed by atoms with Crippen LogP contribution in [0.15, 0.2) is 42.5 Å². The van der Waals surface area contributed by atoms with E-state index in [1.54, 1.807) is 17.4 Å². The molecule has 0 saturated carbocycles. The second-order valence-corrected chi connectivity index (χ2v) is 10.9. The number of nitrogens with zero attached hydrogens (tertiary/aromatic N) is 1. The number of aromatic hydroxyl groups is 1. The predicted molar refractivity (Wildman–Crippen MR) is 117 cm³/mol. The standard InChI is InChI=1S/C24H27NO4S/c1-21(2,3)24-22(4,5)12-13-27-23(24,28-29-24)15-10-11-16(18(26)14-15)20-25-17-8-6-7-9-19(17)30-20/h6-11,14,26H,12-13H2,1-5H3. The van der Waals surface area contributed by atoms with Gasteiger partial charge in [-0.15, -0.1) is 11.3 Å². The molecule has 2 atom stereocenters. The SMILES string of the molecule is CC(C)(C)C12OOC1(c1ccc(-c3nc4ccccc4s3)c(O)c1)OCCC2(C)C. The first-order chi connectivity index (χ1) is 14.1. The number of aromatic nitrogens is 1. The molecule has 2 unspecified atom stereocenters. The summed E-state index contributed by atoms with van der Waals surface area (Å²) in [5.41, 5.74) is 1.28. The van der Waals surface area contributed by atoms with Crippen LogP contribution in [0.2, 0.25) is 0 Å². The Bertz CT molecular complexity index is 1100. The van der Waals surface area contributed by atoms with E-state index in [4.69, 9.17) is 14.5 Å². The van der Waals surface area contributed by atoms with Crippen molar-refractivity contribution in [1.29, 1.82) is 0 Å². The molecule has 6 heteroatoms. The molecule has 2 aliphatic rings. The quantitative estimate of drug-likeness (QED) is 0.509. The third kappa shape index (κ3) is 2.42. The summed E-state index contributed by atoms with van der Waals surface area (Å²) in [6.07, 6.45) is 0.866. The van der Waals surface area contributed by atoms with E-state index >= 15 is 0 Å². The molecule has 1 aromatic heterocycles. The van der Waals surface area contributed by atoms with Crippen LogP contribution in [0.5, 0.6) is 5.75 Å². The van der Waals surface area contributed by atoms with Gasteiger partial charge in [-0.2, -0.15) is 4.89 Å². The van der Waals surface area contributed by atoms with E-state index in [9.17, 15) is 5.11 Å². The third-order valence-corrected chi connectivity index (χ3v) is 7.76. The maximum atomic E-state index is 11.0. The highest BCUT2D eigenvalue weighted by Crippen LogP contribution is 2.68. The molecule has 2 aliphatic heterocycles. The van der Waals surface area contributed by atoms with E-state index in [-0.39, 0.29) is 16.6 Å². The Morgan fingerprint density at radius 3 is 2.47 bits per heavy atom. The number of fused-ring (bicyclic) bond motifs is 2. The summed E-state index contributed by atoms with van der Waals surface area (Å²) < 4.78 is 7.39. The number of para-hydroxylation sites is 1. The molecule has 0 radical (unpaired) electrons. The van der Waals surface area contributed by atoms with Gasteiger partial charge >= 0.3 is 0 Å². The average molecular weight is 426 g/mol. The molecule has 158 valence electrons. The molecule has 0 aliphatic carbocycles. The number of hydrogen-bond donors (Lipinski definition) is 1. The third-order valence-electron chi connectivity index (χ3n) is 6.69. The van der Waals surface area contributed by atoms with Crippen molar-refractivity contribution in [2.24, 2.45) is 10.8 Å². The smallest absolute Gasteiger partial charge is 0.261 e. The lowest BCUT2D eigenvalue weighted by Crippen LogP contribution is -2.79. The predicted octanol–water partition coefficient (Wildman–Crippen LogP) is 6.01. The number of hydrogen-bond acceptors (Lipinski definition) is 6. The molecule has 3 heterocycles. The first-order valence-corrected chi connectivity index (χ1v) is 11.1. The Labute approximate surface area is 180 Å². The number of ether oxygens (including phenoxy) is 1. The van der Waals surface area contributed by atoms with Crippen molar-refractivity contribution in [3.05, 3.63) is 48.0 Å². The number of phenolic OH excluding ortho intramolecular Hbond substituents is 1. The van der Waals surface area contributed by atoms with Crippen LogP contribution < -0.4 is 0 Å². The van der Waals surface area contributed by atoms with Crippen molar-refractivity contribution in [3.8, 4) is 16.3 Å². The van der Waals surface area contributed by atoms with Crippen molar-refractivity contribution < 1.29 is 19.6 Å². The second-order valence-electron chi connectivity index (χ2n) is 9.92. The summed E-state index contributed by atoms with van der Waals surface area (Å²) in [5, 5.41) is 11.7. The van der Waals surface area contributed by atoms with Crippen LogP contribution in [-0.2, 0) is 20.3 Å². The van der Waals surface area contributed by atoms with Crippen LogP contribution in [0, 0.1) is 10.8 Å². The lowest BCUT2D eigenvalue weighted by molar-refractivity contribution is -0.664. The lowest BCUT2D eigenvalue weighted by Gasteiger charge is -2.69. The van der Waals surface area contributed by atoms with Gasteiger partial charge < -0.3 is 9.84 Å². The van der Waals surface area contributed by atoms with Crippen molar-refractivity contribution in [3.63, 3.8) is 0 Å². The fraction of sp³-hybridized carbons (Fsp3) is 0.458. The van der Waals surface area contributed by atoms with E-state index in [2.05, 4.69) is 39.6 Å². The van der Waals surface area contributed by atoms with E-state index in [0.29, 0.717) is 12.2 Å². The van der Waals surface area contributed by atoms with Gasteiger partial charge in [0.05, 0.1) is 22.4 Å². The number of rotatable bonds is 2. The zero-order valence-electron chi connectivity index (χ0n) is 18.0. The topological polar surface area (TPSA) is 60.8 Å². The van der Waals surface area contributed by atoms with Crippen molar-refractivity contribution in [2.45, 2.75) is 52.4 Å². The first-order valence-electron chi connectivity index (χ1n) is 10.3. The van der Waals surface area contributed by atoms with Crippen molar-refractivity contribution in [2.75, 3.05) is 6.61 Å². The van der Waals surface area contributed by atoms with Gasteiger partial charge in [0.2, 0.25) is 0 Å². The lowest BCUT2D eigenvalue weighted by atomic mass is 9.53. The van der Waals surface area contributed by atoms with E-state index in [1.165, 1.54) is 0 Å². The fourth-order valence-electron chi connectivity index (χ4n) is 5.38. The summed E-state index contributed by atoms with van der Waals surface area (Å²) in [7, 11) is 0. The highest BCUT2D eigenvalue weighted by atomic mass is 32.1. The monoisotopic (exact) mass is 425 g/mol. The Morgan fingerprint density at radius 2 is 1.83 bits per heavy atom. The average Bonchev–Trinajstić information content (AvgIpc) is 3.06. The Hall–Kier alpha value is -1.99. The summed E-state index contributed by atoms with van der Waals surface area (Å²) in [4.78, 5) is 16.4. The molecule has 1 N–H and O–H groups in total. The van der Waals surface area contributed by atoms with Gasteiger partial charge in [0.1, 0.15) is 10.8 Å². The molecule has 0 bridgehead atoms. The Kier molecular flexibility index (Phi) is 4.16. The van der Waals surface area contributed by atoms with Crippen LogP contribution in [0.25, 0.3) is 20.8 Å². The normalized spacial score (nSPS) is 28.2. The minimum absolute atomic E-state index is 0.159. The minimum atomic E-state index is -1.06. The molecule has 0 spiro atoms. The number of thiazole rings is 1. The van der Waals surface area contributed by atoms with Gasteiger partial charge in [0.15, 0.2) is 5.60 Å². The summed E-state index contributed by atoms with van der Waals surface area (Å²) in [6.45, 7) is 11.4. The maximum Gasteiger partial charge on any atom is 0.261 e. The van der Waals surface area contributed by atoms with Crippen LogP contribution >= 0.6 is 11.3 Å². The highest BCUT2D eigenvalue weighted by Gasteiger charge is 2.78. The Balaban J connectivity index is 1.61. The van der Waals surface area contributed by atoms with Gasteiger partial charge in [-0.05, 0) is 30.7 Å². The van der Waals surface area contributed by atoms with Gasteiger partial charge in [0, 0.05) is 16.4 Å². The largest absolute Gasteiger partial charge is 0.507 e.